The first-order chi connectivity index (χ1) is 16.1. The van der Waals surface area contributed by atoms with Crippen LogP contribution in [-0.2, 0) is 4.79 Å². The van der Waals surface area contributed by atoms with Gasteiger partial charge in [0, 0.05) is 55.9 Å². The average Bonchev–Trinajstić information content (AvgIpc) is 3.09. The molecule has 0 aromatic carbocycles. The summed E-state index contributed by atoms with van der Waals surface area (Å²) in [4.78, 5) is 29.7. The molecule has 0 amide bonds. The third kappa shape index (κ3) is 4.84. The highest BCUT2D eigenvalue weighted by molar-refractivity contribution is 5.80. The van der Waals surface area contributed by atoms with Crippen molar-refractivity contribution in [3.8, 4) is 0 Å². The van der Waals surface area contributed by atoms with Gasteiger partial charge in [-0.2, -0.15) is 0 Å². The van der Waals surface area contributed by atoms with E-state index in [-0.39, 0.29) is 5.92 Å². The van der Waals surface area contributed by atoms with E-state index in [2.05, 4.69) is 47.9 Å². The number of Topliss-reactive ketones (excluding diaryl/α,β-unsaturated/α-hetero) is 1. The molecule has 6 heteroatoms. The number of carbonyl (C=O) groups is 1. The Morgan fingerprint density at radius 1 is 1.00 bits per heavy atom. The molecule has 6 nitrogen and oxygen atoms in total. The van der Waals surface area contributed by atoms with Gasteiger partial charge in [-0.15, -0.1) is 0 Å². The second-order valence-corrected chi connectivity index (χ2v) is 11.2. The number of nitrogens with zero attached hydrogens (tertiary/aromatic N) is 5. The number of rotatable bonds is 8. The first kappa shape index (κ1) is 23.2. The number of piperazine rings is 1. The summed E-state index contributed by atoms with van der Waals surface area (Å²) >= 11 is 0. The van der Waals surface area contributed by atoms with E-state index in [4.69, 9.17) is 9.97 Å². The van der Waals surface area contributed by atoms with Crippen molar-refractivity contribution in [1.82, 2.24) is 19.8 Å². The summed E-state index contributed by atoms with van der Waals surface area (Å²) in [5.41, 5.74) is 1.32. The molecule has 1 saturated carbocycles. The molecule has 1 aromatic heterocycles. The lowest BCUT2D eigenvalue weighted by Crippen LogP contribution is -2.54. The number of likely N-dealkylation sites (tertiary alicyclic amines) is 2. The topological polar surface area (TPSA) is 52.6 Å². The monoisotopic (exact) mass is 453 g/mol. The second-order valence-electron chi connectivity index (χ2n) is 11.2. The van der Waals surface area contributed by atoms with Crippen molar-refractivity contribution in [2.45, 2.75) is 96.2 Å². The van der Waals surface area contributed by atoms with Gasteiger partial charge in [0.1, 0.15) is 5.78 Å². The molecule has 3 saturated heterocycles. The zero-order valence-corrected chi connectivity index (χ0v) is 21.0. The minimum atomic E-state index is 0.240. The summed E-state index contributed by atoms with van der Waals surface area (Å²) in [5, 5.41) is 0. The SMILES string of the molecule is CCC(C)C(=O)CC1CC(N2CCC(c3cnc(N4C5CCC4CN(CC)C5)nc3)CC2)C1. The molecule has 0 radical (unpaired) electrons. The van der Waals surface area contributed by atoms with E-state index in [9.17, 15) is 4.79 Å². The van der Waals surface area contributed by atoms with Gasteiger partial charge < -0.3 is 9.80 Å². The van der Waals surface area contributed by atoms with Crippen LogP contribution in [-0.4, -0.2) is 76.4 Å². The van der Waals surface area contributed by atoms with E-state index < -0.39 is 0 Å². The van der Waals surface area contributed by atoms with E-state index in [1.54, 1.807) is 0 Å². The molecule has 4 aliphatic rings. The Balaban J connectivity index is 1.09. The van der Waals surface area contributed by atoms with Gasteiger partial charge in [0.05, 0.1) is 0 Å². The minimum absolute atomic E-state index is 0.240. The normalized spacial score (nSPS) is 32.0. The van der Waals surface area contributed by atoms with Crippen LogP contribution in [0.3, 0.4) is 0 Å². The summed E-state index contributed by atoms with van der Waals surface area (Å²) in [6.45, 7) is 12.3. The van der Waals surface area contributed by atoms with Crippen molar-refractivity contribution in [2.75, 3.05) is 37.6 Å². The van der Waals surface area contributed by atoms with Gasteiger partial charge >= 0.3 is 0 Å². The molecule has 1 aromatic rings. The summed E-state index contributed by atoms with van der Waals surface area (Å²) in [6, 6.07) is 1.88. The Morgan fingerprint density at radius 2 is 1.64 bits per heavy atom. The number of likely N-dealkylation sites (N-methyl/N-ethyl adjacent to an activating group) is 1. The number of fused-ring (bicyclic) bond motifs is 2. The van der Waals surface area contributed by atoms with Gasteiger partial charge in [-0.25, -0.2) is 9.97 Å². The Labute approximate surface area is 200 Å². The van der Waals surface area contributed by atoms with Gasteiger partial charge in [0.15, 0.2) is 0 Å². The van der Waals surface area contributed by atoms with Gasteiger partial charge in [-0.05, 0) is 82.0 Å². The maximum absolute atomic E-state index is 12.2. The molecule has 0 N–H and O–H groups in total. The van der Waals surface area contributed by atoms with Crippen LogP contribution in [0.15, 0.2) is 12.4 Å². The number of aromatic nitrogens is 2. The lowest BCUT2D eigenvalue weighted by atomic mass is 9.74. The molecular weight excluding hydrogens is 410 g/mol. The van der Waals surface area contributed by atoms with Crippen molar-refractivity contribution >= 4 is 11.7 Å². The number of hydrogen-bond acceptors (Lipinski definition) is 6. The minimum Gasteiger partial charge on any atom is -0.332 e. The maximum Gasteiger partial charge on any atom is 0.225 e. The zero-order chi connectivity index (χ0) is 22.9. The molecule has 1 aliphatic carbocycles. The molecule has 3 unspecified atom stereocenters. The second kappa shape index (κ2) is 9.99. The van der Waals surface area contributed by atoms with E-state index in [1.165, 1.54) is 57.2 Å². The van der Waals surface area contributed by atoms with E-state index in [0.717, 1.165) is 38.4 Å². The van der Waals surface area contributed by atoms with Crippen LogP contribution in [0.4, 0.5) is 5.95 Å². The van der Waals surface area contributed by atoms with Gasteiger partial charge in [-0.3, -0.25) is 9.69 Å². The van der Waals surface area contributed by atoms with Crippen LogP contribution in [0.5, 0.6) is 0 Å². The standard InChI is InChI=1S/C27H43N5O/c1-4-19(3)26(33)14-20-12-25(13-20)31-10-8-21(9-11-31)22-15-28-27(29-16-22)32-23-6-7-24(32)18-30(5-2)17-23/h15-16,19-21,23-25H,4-14,17-18H2,1-3H3. The molecule has 2 bridgehead atoms. The first-order valence-electron chi connectivity index (χ1n) is 13.6. The third-order valence-electron chi connectivity index (χ3n) is 9.27. The molecule has 4 fully saturated rings. The van der Waals surface area contributed by atoms with Crippen LogP contribution in [0.2, 0.25) is 0 Å². The zero-order valence-electron chi connectivity index (χ0n) is 21.0. The van der Waals surface area contributed by atoms with Crippen molar-refractivity contribution in [1.29, 1.82) is 0 Å². The predicted molar refractivity (Wildman–Crippen MR) is 133 cm³/mol. The largest absolute Gasteiger partial charge is 0.332 e. The smallest absolute Gasteiger partial charge is 0.225 e. The Bertz CT molecular complexity index is 785. The number of piperidine rings is 1. The quantitative estimate of drug-likeness (QED) is 0.590. The highest BCUT2D eigenvalue weighted by atomic mass is 16.1. The molecule has 0 spiro atoms. The average molecular weight is 454 g/mol. The van der Waals surface area contributed by atoms with E-state index >= 15 is 0 Å². The summed E-state index contributed by atoms with van der Waals surface area (Å²) in [5.74, 6) is 2.89. The number of anilines is 1. The van der Waals surface area contributed by atoms with Gasteiger partial charge in [-0.1, -0.05) is 20.8 Å². The van der Waals surface area contributed by atoms with Crippen LogP contribution < -0.4 is 4.90 Å². The number of ketones is 1. The summed E-state index contributed by atoms with van der Waals surface area (Å²) in [7, 11) is 0. The predicted octanol–water partition coefficient (Wildman–Crippen LogP) is 4.11. The van der Waals surface area contributed by atoms with Crippen molar-refractivity contribution in [3.63, 3.8) is 0 Å². The molecular formula is C27H43N5O. The first-order valence-corrected chi connectivity index (χ1v) is 13.6. The van der Waals surface area contributed by atoms with Gasteiger partial charge in [0.2, 0.25) is 5.95 Å². The van der Waals surface area contributed by atoms with Crippen LogP contribution >= 0.6 is 0 Å². The van der Waals surface area contributed by atoms with Crippen molar-refractivity contribution in [3.05, 3.63) is 18.0 Å². The van der Waals surface area contributed by atoms with Crippen LogP contribution in [0.25, 0.3) is 0 Å². The summed E-state index contributed by atoms with van der Waals surface area (Å²) in [6.07, 6.45) is 13.4. The number of carbonyl (C=O) groups excluding carboxylic acids is 1. The molecule has 5 rings (SSSR count). The Kier molecular flexibility index (Phi) is 7.03. The van der Waals surface area contributed by atoms with Crippen LogP contribution in [0.1, 0.15) is 83.6 Å². The molecule has 3 atom stereocenters. The molecule has 33 heavy (non-hydrogen) atoms. The maximum atomic E-state index is 12.2. The number of hydrogen-bond donors (Lipinski definition) is 0. The van der Waals surface area contributed by atoms with Gasteiger partial charge in [0.25, 0.3) is 0 Å². The highest BCUT2D eigenvalue weighted by Gasteiger charge is 2.41. The van der Waals surface area contributed by atoms with E-state index in [0.29, 0.717) is 35.7 Å². The fraction of sp³-hybridized carbons (Fsp3) is 0.815. The van der Waals surface area contributed by atoms with E-state index in [1.807, 2.05) is 0 Å². The fourth-order valence-electron chi connectivity index (χ4n) is 6.73. The van der Waals surface area contributed by atoms with Crippen molar-refractivity contribution in [2.24, 2.45) is 11.8 Å². The summed E-state index contributed by atoms with van der Waals surface area (Å²) < 4.78 is 0. The highest BCUT2D eigenvalue weighted by Crippen LogP contribution is 2.39. The lowest BCUT2D eigenvalue weighted by molar-refractivity contribution is -0.124. The molecule has 4 heterocycles. The van der Waals surface area contributed by atoms with Crippen molar-refractivity contribution < 1.29 is 4.79 Å². The lowest BCUT2D eigenvalue weighted by Gasteiger charge is -2.46. The third-order valence-corrected chi connectivity index (χ3v) is 9.27. The molecule has 3 aliphatic heterocycles. The van der Waals surface area contributed by atoms with Crippen LogP contribution in [0, 0.1) is 11.8 Å². The fourth-order valence-corrected chi connectivity index (χ4v) is 6.73. The Morgan fingerprint density at radius 3 is 2.21 bits per heavy atom. The molecule has 182 valence electrons. The Hall–Kier alpha value is -1.53.